The van der Waals surface area contributed by atoms with Gasteiger partial charge in [0.25, 0.3) is 0 Å². The molecule has 0 aliphatic heterocycles. The first-order valence-corrected chi connectivity index (χ1v) is 6.29. The molecule has 0 atom stereocenters. The minimum absolute atomic E-state index is 0.784. The van der Waals surface area contributed by atoms with E-state index in [9.17, 15) is 0 Å². The first-order chi connectivity index (χ1) is 6.95. The van der Waals surface area contributed by atoms with Gasteiger partial charge in [0, 0.05) is 30.7 Å². The van der Waals surface area contributed by atoms with Crippen molar-refractivity contribution in [3.63, 3.8) is 0 Å². The number of aromatic nitrogens is 2. The maximum absolute atomic E-state index is 4.17. The molecule has 1 heterocycles. The third-order valence-electron chi connectivity index (χ3n) is 2.60. The van der Waals surface area contributed by atoms with Crippen LogP contribution in [0.5, 0.6) is 0 Å². The monoisotopic (exact) mass is 211 g/mol. The normalized spacial score (nSPS) is 17.7. The van der Waals surface area contributed by atoms with Crippen molar-refractivity contribution in [2.24, 2.45) is 0 Å². The Kier molecular flexibility index (Phi) is 3.89. The first-order valence-electron chi connectivity index (χ1n) is 5.31. The molecule has 2 N–H and O–H groups in total. The molecule has 1 fully saturated rings. The second-order valence-electron chi connectivity index (χ2n) is 3.68. The number of nitrogens with zero attached hydrogens (tertiary/aromatic N) is 1. The second-order valence-corrected chi connectivity index (χ2v) is 4.76. The molecule has 0 bridgehead atoms. The summed E-state index contributed by atoms with van der Waals surface area (Å²) in [5, 5.41) is 4.61. The van der Waals surface area contributed by atoms with Gasteiger partial charge < -0.3 is 10.3 Å². The number of H-pyrrole nitrogens is 1. The predicted molar refractivity (Wildman–Crippen MR) is 59.6 cm³/mol. The summed E-state index contributed by atoms with van der Waals surface area (Å²) in [7, 11) is 0. The van der Waals surface area contributed by atoms with Crippen molar-refractivity contribution in [1.82, 2.24) is 15.3 Å². The van der Waals surface area contributed by atoms with Crippen LogP contribution in [0.3, 0.4) is 0 Å². The summed E-state index contributed by atoms with van der Waals surface area (Å²) >= 11 is 1.78. The number of nitrogens with one attached hydrogen (secondary N) is 2. The van der Waals surface area contributed by atoms with Gasteiger partial charge in [-0.2, -0.15) is 0 Å². The molecule has 1 aromatic rings. The Labute approximate surface area is 89.1 Å². The zero-order valence-corrected chi connectivity index (χ0v) is 9.15. The highest BCUT2D eigenvalue weighted by Gasteiger charge is 2.13. The first kappa shape index (κ1) is 10.1. The van der Waals surface area contributed by atoms with Gasteiger partial charge in [0.05, 0.1) is 0 Å². The lowest BCUT2D eigenvalue weighted by atomic mass is 10.2. The summed E-state index contributed by atoms with van der Waals surface area (Å²) in [6.45, 7) is 1.09. The molecular formula is C10H17N3S. The minimum atomic E-state index is 0.784. The number of aromatic amines is 1. The molecule has 0 saturated heterocycles. The highest BCUT2D eigenvalue weighted by molar-refractivity contribution is 7.99. The van der Waals surface area contributed by atoms with Gasteiger partial charge in [-0.3, -0.25) is 0 Å². The van der Waals surface area contributed by atoms with Gasteiger partial charge in [0.1, 0.15) is 0 Å². The maximum Gasteiger partial charge on any atom is 0.165 e. The molecule has 78 valence electrons. The molecule has 0 amide bonds. The van der Waals surface area contributed by atoms with E-state index in [1.165, 1.54) is 25.7 Å². The van der Waals surface area contributed by atoms with E-state index in [-0.39, 0.29) is 0 Å². The summed E-state index contributed by atoms with van der Waals surface area (Å²) in [5.41, 5.74) is 0. The molecule has 0 aromatic carbocycles. The molecule has 1 aliphatic carbocycles. The van der Waals surface area contributed by atoms with Crippen LogP contribution < -0.4 is 5.32 Å². The lowest BCUT2D eigenvalue weighted by Gasteiger charge is -2.10. The molecular weight excluding hydrogens is 194 g/mol. The van der Waals surface area contributed by atoms with Gasteiger partial charge in [-0.25, -0.2) is 4.98 Å². The van der Waals surface area contributed by atoms with Crippen LogP contribution in [-0.2, 0) is 0 Å². The predicted octanol–water partition coefficient (Wildman–Crippen LogP) is 2.03. The van der Waals surface area contributed by atoms with Crippen LogP contribution in [0.4, 0.5) is 0 Å². The second kappa shape index (κ2) is 5.41. The van der Waals surface area contributed by atoms with Gasteiger partial charge in [-0.15, -0.1) is 0 Å². The average Bonchev–Trinajstić information content (AvgIpc) is 2.86. The molecule has 1 saturated carbocycles. The van der Waals surface area contributed by atoms with Crippen molar-refractivity contribution in [3.8, 4) is 0 Å². The van der Waals surface area contributed by atoms with E-state index in [1.54, 1.807) is 18.0 Å². The fourth-order valence-electron chi connectivity index (χ4n) is 1.87. The Morgan fingerprint density at radius 3 is 3.07 bits per heavy atom. The smallest absolute Gasteiger partial charge is 0.165 e. The Hall–Kier alpha value is -0.480. The Bertz CT molecular complexity index is 242. The Balaban J connectivity index is 1.55. The van der Waals surface area contributed by atoms with E-state index in [0.717, 1.165) is 23.5 Å². The number of hydrogen-bond donors (Lipinski definition) is 2. The van der Waals surface area contributed by atoms with Gasteiger partial charge >= 0.3 is 0 Å². The Morgan fingerprint density at radius 2 is 2.36 bits per heavy atom. The van der Waals surface area contributed by atoms with Crippen LogP contribution in [0.1, 0.15) is 25.7 Å². The van der Waals surface area contributed by atoms with E-state index in [4.69, 9.17) is 0 Å². The molecule has 0 unspecified atom stereocenters. The van der Waals surface area contributed by atoms with E-state index in [0.29, 0.717) is 0 Å². The highest BCUT2D eigenvalue weighted by atomic mass is 32.2. The minimum Gasteiger partial charge on any atom is -0.340 e. The number of rotatable bonds is 5. The fraction of sp³-hybridized carbons (Fsp3) is 0.700. The largest absolute Gasteiger partial charge is 0.340 e. The highest BCUT2D eigenvalue weighted by Crippen LogP contribution is 2.17. The summed E-state index contributed by atoms with van der Waals surface area (Å²) in [6, 6.07) is 0.784. The topological polar surface area (TPSA) is 40.7 Å². The van der Waals surface area contributed by atoms with Crippen molar-refractivity contribution >= 4 is 11.8 Å². The van der Waals surface area contributed by atoms with Crippen molar-refractivity contribution in [2.45, 2.75) is 36.9 Å². The zero-order valence-electron chi connectivity index (χ0n) is 8.33. The third-order valence-corrected chi connectivity index (χ3v) is 3.51. The summed E-state index contributed by atoms with van der Waals surface area (Å²) < 4.78 is 0. The van der Waals surface area contributed by atoms with Crippen molar-refractivity contribution in [3.05, 3.63) is 12.4 Å². The van der Waals surface area contributed by atoms with Crippen LogP contribution >= 0.6 is 11.8 Å². The number of thioether (sulfide) groups is 1. The summed E-state index contributed by atoms with van der Waals surface area (Å²) in [6.07, 6.45) is 9.21. The molecule has 4 heteroatoms. The molecule has 2 rings (SSSR count). The van der Waals surface area contributed by atoms with E-state index >= 15 is 0 Å². The summed E-state index contributed by atoms with van der Waals surface area (Å²) in [5.74, 6) is 1.10. The van der Waals surface area contributed by atoms with Crippen LogP contribution in [0.15, 0.2) is 17.6 Å². The molecule has 1 aromatic heterocycles. The van der Waals surface area contributed by atoms with Gasteiger partial charge in [0.2, 0.25) is 0 Å². The molecule has 0 radical (unpaired) electrons. The summed E-state index contributed by atoms with van der Waals surface area (Å²) in [4.78, 5) is 7.25. The van der Waals surface area contributed by atoms with Crippen LogP contribution in [0, 0.1) is 0 Å². The van der Waals surface area contributed by atoms with E-state index in [2.05, 4.69) is 15.3 Å². The van der Waals surface area contributed by atoms with Crippen molar-refractivity contribution in [2.75, 3.05) is 12.3 Å². The number of imidazole rings is 1. The van der Waals surface area contributed by atoms with E-state index in [1.807, 2.05) is 6.20 Å². The van der Waals surface area contributed by atoms with Crippen molar-refractivity contribution in [1.29, 1.82) is 0 Å². The number of hydrogen-bond acceptors (Lipinski definition) is 3. The fourth-order valence-corrected chi connectivity index (χ4v) is 2.57. The van der Waals surface area contributed by atoms with Gasteiger partial charge in [-0.1, -0.05) is 24.6 Å². The molecule has 0 spiro atoms. The van der Waals surface area contributed by atoms with Crippen molar-refractivity contribution < 1.29 is 0 Å². The molecule has 1 aliphatic rings. The molecule has 14 heavy (non-hydrogen) atoms. The lowest BCUT2D eigenvalue weighted by Crippen LogP contribution is -2.28. The average molecular weight is 211 g/mol. The maximum atomic E-state index is 4.17. The zero-order chi connectivity index (χ0) is 9.64. The third kappa shape index (κ3) is 3.03. The van der Waals surface area contributed by atoms with E-state index < -0.39 is 0 Å². The molecule has 3 nitrogen and oxygen atoms in total. The van der Waals surface area contributed by atoms with Crippen LogP contribution in [0.2, 0.25) is 0 Å². The Morgan fingerprint density at radius 1 is 1.50 bits per heavy atom. The van der Waals surface area contributed by atoms with Gasteiger partial charge in [-0.05, 0) is 12.8 Å². The quantitative estimate of drug-likeness (QED) is 0.578. The standard InChI is InChI=1S/C10H17N3S/c1-2-4-9(3-1)11-7-8-14-10-12-5-6-13-10/h5-6,9,11H,1-4,7-8H2,(H,12,13). The van der Waals surface area contributed by atoms with Gasteiger partial charge in [0.15, 0.2) is 5.16 Å². The lowest BCUT2D eigenvalue weighted by molar-refractivity contribution is 0.545. The van der Waals surface area contributed by atoms with Crippen LogP contribution in [0.25, 0.3) is 0 Å². The van der Waals surface area contributed by atoms with Crippen LogP contribution in [-0.4, -0.2) is 28.3 Å². The SMILES string of the molecule is c1c[nH]c(SCCNC2CCCC2)n1.